The Morgan fingerprint density at radius 3 is 2.59 bits per heavy atom. The quantitative estimate of drug-likeness (QED) is 0.478. The molecule has 0 aliphatic carbocycles. The molecule has 0 fully saturated rings. The third-order valence-corrected chi connectivity index (χ3v) is 5.25. The fraction of sp³-hybridized carbons (Fsp3) is 0.476. The van der Waals surface area contributed by atoms with Crippen molar-refractivity contribution in [1.82, 2.24) is 10.6 Å². The number of benzene rings is 1. The number of hydrogen-bond donors (Lipinski definition) is 3. The lowest BCUT2D eigenvalue weighted by atomic mass is 9.84. The van der Waals surface area contributed by atoms with Gasteiger partial charge in [-0.1, -0.05) is 26.0 Å². The Balaban J connectivity index is 2.07. The number of nitrogens with one attached hydrogen (secondary N) is 2. The summed E-state index contributed by atoms with van der Waals surface area (Å²) in [5.74, 6) is 1.55. The molecule has 2 rings (SSSR count). The molecule has 0 radical (unpaired) electrons. The van der Waals surface area contributed by atoms with Crippen LogP contribution in [-0.2, 0) is 11.0 Å². The number of ether oxygens (including phenoxy) is 1. The van der Waals surface area contributed by atoms with Crippen molar-refractivity contribution in [1.29, 1.82) is 0 Å². The van der Waals surface area contributed by atoms with Gasteiger partial charge in [-0.15, -0.1) is 0 Å². The highest BCUT2D eigenvalue weighted by Gasteiger charge is 2.24. The standard InChI is InChI=1S/C21H31N3O2S/c1-6-22-19(24-15-21(4,25)17-10-11-27-13-17)23-14-20(2,3)16-8-7-9-18(12-16)26-5/h7-13,25H,6,14-15H2,1-5H3,(H2,22,23,24). The van der Waals surface area contributed by atoms with Gasteiger partial charge in [0.05, 0.1) is 20.2 Å². The smallest absolute Gasteiger partial charge is 0.191 e. The molecule has 1 unspecified atom stereocenters. The van der Waals surface area contributed by atoms with Gasteiger partial charge in [0.15, 0.2) is 5.96 Å². The first kappa shape index (κ1) is 21.3. The van der Waals surface area contributed by atoms with Crippen LogP contribution in [0.1, 0.15) is 38.8 Å². The minimum absolute atomic E-state index is 0.146. The number of methoxy groups -OCH3 is 1. The van der Waals surface area contributed by atoms with Crippen LogP contribution in [0.25, 0.3) is 0 Å². The first-order valence-electron chi connectivity index (χ1n) is 9.20. The summed E-state index contributed by atoms with van der Waals surface area (Å²) >= 11 is 1.58. The van der Waals surface area contributed by atoms with E-state index in [1.165, 1.54) is 5.56 Å². The lowest BCUT2D eigenvalue weighted by molar-refractivity contribution is 0.0621. The van der Waals surface area contributed by atoms with E-state index >= 15 is 0 Å². The van der Waals surface area contributed by atoms with E-state index in [2.05, 4.69) is 36.6 Å². The number of nitrogens with zero attached hydrogens (tertiary/aromatic N) is 1. The van der Waals surface area contributed by atoms with Gasteiger partial charge in [-0.05, 0) is 53.9 Å². The zero-order valence-electron chi connectivity index (χ0n) is 16.9. The second-order valence-corrected chi connectivity index (χ2v) is 8.23. The molecule has 0 amide bonds. The highest BCUT2D eigenvalue weighted by Crippen LogP contribution is 2.27. The summed E-state index contributed by atoms with van der Waals surface area (Å²) in [7, 11) is 1.68. The average molecular weight is 390 g/mol. The molecule has 0 aliphatic rings. The Bertz CT molecular complexity index is 740. The summed E-state index contributed by atoms with van der Waals surface area (Å²) in [4.78, 5) is 4.75. The summed E-state index contributed by atoms with van der Waals surface area (Å²) in [5.41, 5.74) is 0.991. The van der Waals surface area contributed by atoms with E-state index in [0.29, 0.717) is 19.0 Å². The number of aliphatic imine (C=N–C) groups is 1. The van der Waals surface area contributed by atoms with Crippen LogP contribution in [0.4, 0.5) is 0 Å². The van der Waals surface area contributed by atoms with Crippen molar-refractivity contribution < 1.29 is 9.84 Å². The molecular formula is C21H31N3O2S. The van der Waals surface area contributed by atoms with Gasteiger partial charge in [0, 0.05) is 12.0 Å². The molecule has 1 aromatic heterocycles. The van der Waals surface area contributed by atoms with Crippen LogP contribution in [0.5, 0.6) is 5.75 Å². The van der Waals surface area contributed by atoms with Gasteiger partial charge in [-0.2, -0.15) is 11.3 Å². The van der Waals surface area contributed by atoms with Crippen molar-refractivity contribution in [3.8, 4) is 5.75 Å². The van der Waals surface area contributed by atoms with Gasteiger partial charge in [0.2, 0.25) is 0 Å². The summed E-state index contributed by atoms with van der Waals surface area (Å²) in [5, 5.41) is 21.2. The predicted molar refractivity (Wildman–Crippen MR) is 114 cm³/mol. The Morgan fingerprint density at radius 1 is 1.19 bits per heavy atom. The first-order chi connectivity index (χ1) is 12.8. The van der Waals surface area contributed by atoms with Crippen molar-refractivity contribution >= 4 is 17.3 Å². The number of guanidine groups is 1. The van der Waals surface area contributed by atoms with Crippen LogP contribution in [0.2, 0.25) is 0 Å². The predicted octanol–water partition coefficient (Wildman–Crippen LogP) is 3.50. The molecule has 3 N–H and O–H groups in total. The van der Waals surface area contributed by atoms with E-state index < -0.39 is 5.60 Å². The topological polar surface area (TPSA) is 65.9 Å². The van der Waals surface area contributed by atoms with Crippen molar-refractivity contribution in [3.05, 3.63) is 52.2 Å². The number of rotatable bonds is 8. The Labute approximate surface area is 166 Å². The van der Waals surface area contributed by atoms with Crippen LogP contribution < -0.4 is 15.4 Å². The van der Waals surface area contributed by atoms with E-state index in [-0.39, 0.29) is 5.41 Å². The molecule has 0 aliphatic heterocycles. The van der Waals surface area contributed by atoms with Crippen LogP contribution in [-0.4, -0.2) is 37.8 Å². The largest absolute Gasteiger partial charge is 0.497 e. The lowest BCUT2D eigenvalue weighted by Crippen LogP contribution is -2.45. The Hall–Kier alpha value is -2.05. The number of hydrogen-bond acceptors (Lipinski definition) is 4. The van der Waals surface area contributed by atoms with E-state index in [9.17, 15) is 5.11 Å². The SMILES string of the molecule is CCNC(=NCC(C)(C)c1cccc(OC)c1)NCC(C)(O)c1ccsc1. The Kier molecular flexibility index (Phi) is 7.27. The molecule has 1 atom stereocenters. The van der Waals surface area contributed by atoms with E-state index in [4.69, 9.17) is 9.73 Å². The fourth-order valence-electron chi connectivity index (χ4n) is 2.68. The summed E-state index contributed by atoms with van der Waals surface area (Å²) in [6.07, 6.45) is 0. The molecule has 2 aromatic rings. The summed E-state index contributed by atoms with van der Waals surface area (Å²) in [6.45, 7) is 9.91. The van der Waals surface area contributed by atoms with Crippen LogP contribution in [0.3, 0.4) is 0 Å². The maximum atomic E-state index is 10.7. The molecule has 0 saturated carbocycles. The average Bonchev–Trinajstić information content (AvgIpc) is 3.20. The van der Waals surface area contributed by atoms with Gasteiger partial charge in [-0.3, -0.25) is 4.99 Å². The molecule has 0 bridgehead atoms. The summed E-state index contributed by atoms with van der Waals surface area (Å²) < 4.78 is 5.34. The second-order valence-electron chi connectivity index (χ2n) is 7.45. The highest BCUT2D eigenvalue weighted by atomic mass is 32.1. The third-order valence-electron chi connectivity index (χ3n) is 4.57. The highest BCUT2D eigenvalue weighted by molar-refractivity contribution is 7.08. The van der Waals surface area contributed by atoms with Crippen molar-refractivity contribution in [2.75, 3.05) is 26.7 Å². The normalized spacial score (nSPS) is 14.5. The number of thiophene rings is 1. The van der Waals surface area contributed by atoms with Gasteiger partial charge in [0.25, 0.3) is 0 Å². The van der Waals surface area contributed by atoms with Gasteiger partial charge in [0.1, 0.15) is 11.4 Å². The molecule has 27 heavy (non-hydrogen) atoms. The second kappa shape index (κ2) is 9.24. The van der Waals surface area contributed by atoms with E-state index in [1.54, 1.807) is 18.4 Å². The van der Waals surface area contributed by atoms with Gasteiger partial charge < -0.3 is 20.5 Å². The summed E-state index contributed by atoms with van der Waals surface area (Å²) in [6, 6.07) is 10.0. The lowest BCUT2D eigenvalue weighted by Gasteiger charge is -2.26. The molecule has 1 aromatic carbocycles. The maximum Gasteiger partial charge on any atom is 0.191 e. The zero-order valence-corrected chi connectivity index (χ0v) is 17.7. The number of aliphatic hydroxyl groups is 1. The van der Waals surface area contributed by atoms with Crippen LogP contribution in [0, 0.1) is 0 Å². The molecule has 1 heterocycles. The first-order valence-corrected chi connectivity index (χ1v) is 10.1. The van der Waals surface area contributed by atoms with Gasteiger partial charge in [-0.25, -0.2) is 0 Å². The molecule has 6 heteroatoms. The van der Waals surface area contributed by atoms with Crippen molar-refractivity contribution in [2.45, 2.75) is 38.7 Å². The monoisotopic (exact) mass is 389 g/mol. The van der Waals surface area contributed by atoms with Gasteiger partial charge >= 0.3 is 0 Å². The molecule has 0 spiro atoms. The maximum absolute atomic E-state index is 10.7. The minimum Gasteiger partial charge on any atom is -0.497 e. The Morgan fingerprint density at radius 2 is 1.96 bits per heavy atom. The van der Waals surface area contributed by atoms with Crippen molar-refractivity contribution in [2.24, 2.45) is 4.99 Å². The molecular weight excluding hydrogens is 358 g/mol. The van der Waals surface area contributed by atoms with E-state index in [0.717, 1.165) is 17.9 Å². The molecule has 148 valence electrons. The van der Waals surface area contributed by atoms with Crippen LogP contribution in [0.15, 0.2) is 46.1 Å². The van der Waals surface area contributed by atoms with E-state index in [1.807, 2.05) is 42.8 Å². The molecule has 0 saturated heterocycles. The minimum atomic E-state index is -0.946. The zero-order chi connectivity index (χ0) is 19.9. The molecule has 5 nitrogen and oxygen atoms in total. The fourth-order valence-corrected chi connectivity index (χ4v) is 3.47. The van der Waals surface area contributed by atoms with Crippen molar-refractivity contribution in [3.63, 3.8) is 0 Å². The van der Waals surface area contributed by atoms with Crippen LogP contribution >= 0.6 is 11.3 Å². The third kappa shape index (κ3) is 5.97.